The van der Waals surface area contributed by atoms with E-state index in [4.69, 9.17) is 14.2 Å². The molecule has 2 unspecified atom stereocenters. The minimum absolute atomic E-state index is 0.0526. The Kier molecular flexibility index (Phi) is 7.00. The summed E-state index contributed by atoms with van der Waals surface area (Å²) in [6.45, 7) is 6.27. The van der Waals surface area contributed by atoms with Gasteiger partial charge in [-0.2, -0.15) is 4.98 Å². The van der Waals surface area contributed by atoms with Crippen LogP contribution < -0.4 is 4.74 Å². The van der Waals surface area contributed by atoms with Gasteiger partial charge in [-0.05, 0) is 62.7 Å². The Morgan fingerprint density at radius 3 is 2.50 bits per heavy atom. The predicted molar refractivity (Wildman–Crippen MR) is 141 cm³/mol. The van der Waals surface area contributed by atoms with E-state index in [1.165, 1.54) is 17.6 Å². The van der Waals surface area contributed by atoms with Gasteiger partial charge >= 0.3 is 0 Å². The molecule has 0 radical (unpaired) electrons. The Labute approximate surface area is 215 Å². The molecule has 1 saturated carbocycles. The van der Waals surface area contributed by atoms with E-state index < -0.39 is 15.1 Å². The zero-order valence-electron chi connectivity index (χ0n) is 21.0. The quantitative estimate of drug-likeness (QED) is 0.384. The molecule has 8 nitrogen and oxygen atoms in total. The van der Waals surface area contributed by atoms with Crippen molar-refractivity contribution in [2.24, 2.45) is 5.92 Å². The van der Waals surface area contributed by atoms with Crippen molar-refractivity contribution in [3.63, 3.8) is 0 Å². The summed E-state index contributed by atoms with van der Waals surface area (Å²) in [4.78, 5) is 14.8. The van der Waals surface area contributed by atoms with Crippen molar-refractivity contribution >= 4 is 37.1 Å². The lowest BCUT2D eigenvalue weighted by Gasteiger charge is -2.30. The van der Waals surface area contributed by atoms with Crippen LogP contribution in [-0.4, -0.2) is 46.1 Å². The summed E-state index contributed by atoms with van der Waals surface area (Å²) in [6, 6.07) is 3.87. The molecule has 3 aromatic rings. The monoisotopic (exact) mass is 528 g/mol. The summed E-state index contributed by atoms with van der Waals surface area (Å²) in [6.07, 6.45) is 11.5. The molecule has 0 bridgehead atoms. The number of pyridine rings is 1. The van der Waals surface area contributed by atoms with Crippen LogP contribution in [-0.2, 0) is 9.84 Å². The number of hydrogen-bond acceptors (Lipinski definition) is 9. The minimum atomic E-state index is -3.09. The van der Waals surface area contributed by atoms with Gasteiger partial charge in [0.2, 0.25) is 5.89 Å². The van der Waals surface area contributed by atoms with E-state index in [-0.39, 0.29) is 12.0 Å². The van der Waals surface area contributed by atoms with Crippen LogP contribution in [0.15, 0.2) is 34.9 Å². The maximum absolute atomic E-state index is 11.8. The van der Waals surface area contributed by atoms with Crippen molar-refractivity contribution in [1.82, 2.24) is 20.1 Å². The molecule has 2 aliphatic rings. The molecule has 2 atom stereocenters. The van der Waals surface area contributed by atoms with Gasteiger partial charge in [-0.15, -0.1) is 0 Å². The van der Waals surface area contributed by atoms with Crippen molar-refractivity contribution in [3.05, 3.63) is 47.8 Å². The maximum atomic E-state index is 11.8. The largest absolute Gasteiger partial charge is 0.467 e. The Hall–Kier alpha value is -2.59. The van der Waals surface area contributed by atoms with Crippen molar-refractivity contribution in [2.75, 3.05) is 6.26 Å². The van der Waals surface area contributed by atoms with Crippen LogP contribution in [0.5, 0.6) is 5.19 Å². The molecule has 1 fully saturated rings. The normalized spacial score (nSPS) is 23.7. The van der Waals surface area contributed by atoms with Gasteiger partial charge in [0.15, 0.2) is 15.7 Å². The lowest BCUT2D eigenvalue weighted by molar-refractivity contribution is 0.114. The molecule has 3 heterocycles. The first kappa shape index (κ1) is 25.1. The molecule has 0 saturated heterocycles. The molecule has 0 spiro atoms. The van der Waals surface area contributed by atoms with Crippen molar-refractivity contribution < 1.29 is 17.7 Å². The molecule has 0 aliphatic heterocycles. The highest BCUT2D eigenvalue weighted by atomic mass is 32.2. The van der Waals surface area contributed by atoms with E-state index in [1.807, 2.05) is 24.3 Å². The van der Waals surface area contributed by atoms with Crippen molar-refractivity contribution in [2.45, 2.75) is 76.1 Å². The molecule has 0 aromatic carbocycles. The van der Waals surface area contributed by atoms with E-state index in [0.29, 0.717) is 23.5 Å². The number of sulfone groups is 1. The summed E-state index contributed by atoms with van der Waals surface area (Å²) in [5.41, 5.74) is 2.55. The first-order chi connectivity index (χ1) is 17.2. The fraction of sp³-hybridized carbons (Fsp3) is 0.538. The highest BCUT2D eigenvalue weighted by Crippen LogP contribution is 2.38. The Morgan fingerprint density at radius 2 is 1.86 bits per heavy atom. The summed E-state index contributed by atoms with van der Waals surface area (Å²) in [7, 11) is -3.09. The lowest BCUT2D eigenvalue weighted by Crippen LogP contribution is -2.27. The number of aromatic nitrogens is 4. The van der Waals surface area contributed by atoms with Gasteiger partial charge in [-0.25, -0.2) is 18.4 Å². The lowest BCUT2D eigenvalue weighted by atomic mass is 9.79. The smallest absolute Gasteiger partial charge is 0.276 e. The number of fused-ring (bicyclic) bond motifs is 1. The summed E-state index contributed by atoms with van der Waals surface area (Å²) >= 11 is 1.45. The molecule has 192 valence electrons. The number of rotatable bonds is 7. The van der Waals surface area contributed by atoms with Gasteiger partial charge in [0.1, 0.15) is 16.5 Å². The first-order valence-corrected chi connectivity index (χ1v) is 15.3. The van der Waals surface area contributed by atoms with Crippen LogP contribution in [0, 0.1) is 5.92 Å². The van der Waals surface area contributed by atoms with Crippen LogP contribution in [0.25, 0.3) is 15.9 Å². The van der Waals surface area contributed by atoms with Gasteiger partial charge in [0.05, 0.1) is 10.9 Å². The van der Waals surface area contributed by atoms with E-state index in [9.17, 15) is 8.42 Å². The Bertz CT molecular complexity index is 1400. The molecule has 36 heavy (non-hydrogen) atoms. The standard InChI is InChI=1S/C26H32N4O4S2/c1-15(2)23-29-24(34-30-23)19-7-5-17(6-8-19)16(3)33-26-28-22-14-13-21(27-25(22)35-26)18-9-11-20(12-10-18)36(4,31)32/h9-11,13-17,19-20H,5-8,12H2,1-4H3. The second-order valence-corrected chi connectivity index (χ2v) is 13.4. The number of ether oxygens (including phenoxy) is 1. The van der Waals surface area contributed by atoms with Crippen LogP contribution in [0.4, 0.5) is 0 Å². The number of allylic oxidation sites excluding steroid dienone is 3. The molecular weight excluding hydrogens is 496 g/mol. The zero-order chi connectivity index (χ0) is 25.4. The van der Waals surface area contributed by atoms with Gasteiger partial charge < -0.3 is 9.26 Å². The van der Waals surface area contributed by atoms with Gasteiger partial charge in [0, 0.05) is 18.1 Å². The van der Waals surface area contributed by atoms with Gasteiger partial charge in [-0.3, -0.25) is 0 Å². The Morgan fingerprint density at radius 1 is 1.08 bits per heavy atom. The fourth-order valence-corrected chi connectivity index (χ4v) is 6.54. The van der Waals surface area contributed by atoms with E-state index in [0.717, 1.165) is 59.0 Å². The van der Waals surface area contributed by atoms with E-state index >= 15 is 0 Å². The average Bonchev–Trinajstić information content (AvgIpc) is 3.50. The number of nitrogens with zero attached hydrogens (tertiary/aromatic N) is 4. The second-order valence-electron chi connectivity index (χ2n) is 10.2. The van der Waals surface area contributed by atoms with Crippen LogP contribution >= 0.6 is 11.3 Å². The van der Waals surface area contributed by atoms with Crippen molar-refractivity contribution in [1.29, 1.82) is 0 Å². The molecule has 10 heteroatoms. The molecular formula is C26H32N4O4S2. The molecule has 3 aromatic heterocycles. The topological polar surface area (TPSA) is 108 Å². The molecule has 5 rings (SSSR count). The van der Waals surface area contributed by atoms with E-state index in [1.54, 1.807) is 6.08 Å². The number of hydrogen-bond donors (Lipinski definition) is 0. The molecule has 0 N–H and O–H groups in total. The maximum Gasteiger partial charge on any atom is 0.276 e. The highest BCUT2D eigenvalue weighted by Gasteiger charge is 2.31. The first-order valence-electron chi connectivity index (χ1n) is 12.5. The third-order valence-corrected chi connectivity index (χ3v) is 9.49. The Balaban J connectivity index is 1.20. The van der Waals surface area contributed by atoms with Crippen molar-refractivity contribution in [3.8, 4) is 5.19 Å². The summed E-state index contributed by atoms with van der Waals surface area (Å²) < 4.78 is 35.4. The summed E-state index contributed by atoms with van der Waals surface area (Å²) in [5.74, 6) is 2.60. The fourth-order valence-electron chi connectivity index (χ4n) is 4.85. The third-order valence-electron chi connectivity index (χ3n) is 7.19. The van der Waals surface area contributed by atoms with E-state index in [2.05, 4.69) is 35.9 Å². The van der Waals surface area contributed by atoms with Gasteiger partial charge in [-0.1, -0.05) is 48.6 Å². The summed E-state index contributed by atoms with van der Waals surface area (Å²) in [5, 5.41) is 4.28. The molecule has 0 amide bonds. The van der Waals surface area contributed by atoms with Gasteiger partial charge in [0.25, 0.3) is 5.19 Å². The van der Waals surface area contributed by atoms with Crippen LogP contribution in [0.3, 0.4) is 0 Å². The average molecular weight is 529 g/mol. The van der Waals surface area contributed by atoms with Crippen LogP contribution in [0.2, 0.25) is 0 Å². The second kappa shape index (κ2) is 10.0. The zero-order valence-corrected chi connectivity index (χ0v) is 22.7. The number of thiazole rings is 1. The van der Waals surface area contributed by atoms with Crippen LogP contribution in [0.1, 0.15) is 82.1 Å². The highest BCUT2D eigenvalue weighted by molar-refractivity contribution is 7.91. The SMILES string of the molecule is CC(C)c1noc(C2CCC(C(C)Oc3nc4ccc(C5=CCC(S(C)(=O)=O)C=C5)nc4s3)CC2)n1. The predicted octanol–water partition coefficient (Wildman–Crippen LogP) is 5.70. The molecule has 2 aliphatic carbocycles. The minimum Gasteiger partial charge on any atom is -0.467 e. The third kappa shape index (κ3) is 5.39.